The quantitative estimate of drug-likeness (QED) is 0.363. The van der Waals surface area contributed by atoms with E-state index in [0.717, 1.165) is 33.7 Å². The highest BCUT2D eigenvalue weighted by molar-refractivity contribution is 6.12. The van der Waals surface area contributed by atoms with E-state index in [1.807, 2.05) is 36.4 Å². The molecule has 0 amide bonds. The molecule has 0 heterocycles. The van der Waals surface area contributed by atoms with Gasteiger partial charge in [-0.05, 0) is 25.0 Å². The van der Waals surface area contributed by atoms with Gasteiger partial charge in [0.25, 0.3) is 0 Å². The largest absolute Gasteiger partial charge is 0.495 e. The van der Waals surface area contributed by atoms with Gasteiger partial charge < -0.3 is 14.3 Å². The molecule has 3 rings (SSSR count). The molecule has 0 atom stereocenters. The van der Waals surface area contributed by atoms with Crippen LogP contribution in [0.25, 0.3) is 21.5 Å². The van der Waals surface area contributed by atoms with Crippen LogP contribution in [0.5, 0.6) is 11.5 Å². The number of ketones is 1. The topological polar surface area (TPSA) is 52.6 Å². The van der Waals surface area contributed by atoms with Gasteiger partial charge in [0.1, 0.15) is 17.3 Å². The van der Waals surface area contributed by atoms with E-state index >= 15 is 0 Å². The third kappa shape index (κ3) is 3.40. The van der Waals surface area contributed by atoms with Crippen molar-refractivity contribution in [2.75, 3.05) is 7.11 Å². The van der Waals surface area contributed by atoms with Crippen molar-refractivity contribution in [2.24, 2.45) is 0 Å². The van der Waals surface area contributed by atoms with Crippen LogP contribution in [-0.2, 0) is 16.0 Å². The lowest BCUT2D eigenvalue weighted by atomic mass is 9.98. The first-order chi connectivity index (χ1) is 12.5. The summed E-state index contributed by atoms with van der Waals surface area (Å²) in [5.74, 6) is 0.859. The molecule has 0 aliphatic carbocycles. The average Bonchev–Trinajstić information content (AvgIpc) is 2.65. The number of hydrogen-bond acceptors (Lipinski definition) is 4. The number of benzene rings is 3. The minimum Gasteiger partial charge on any atom is -0.495 e. The van der Waals surface area contributed by atoms with E-state index in [4.69, 9.17) is 9.47 Å². The zero-order valence-corrected chi connectivity index (χ0v) is 15.3. The molecule has 4 nitrogen and oxygen atoms in total. The summed E-state index contributed by atoms with van der Waals surface area (Å²) in [5.41, 5.74) is 1.18. The van der Waals surface area contributed by atoms with Crippen molar-refractivity contribution in [2.45, 2.75) is 33.1 Å². The Bertz CT molecular complexity index is 988. The number of rotatable bonds is 6. The van der Waals surface area contributed by atoms with Crippen LogP contribution < -0.4 is 9.47 Å². The fourth-order valence-electron chi connectivity index (χ4n) is 3.14. The van der Waals surface area contributed by atoms with Gasteiger partial charge in [-0.25, -0.2) is 0 Å². The number of Topliss-reactive ketones (excluding diaryl/α,β-unsaturated/α-hetero) is 1. The Morgan fingerprint density at radius 2 is 1.54 bits per heavy atom. The van der Waals surface area contributed by atoms with Crippen molar-refractivity contribution >= 4 is 33.3 Å². The molecular weight excluding hydrogens is 328 g/mol. The fourth-order valence-corrected chi connectivity index (χ4v) is 3.14. The highest BCUT2D eigenvalue weighted by atomic mass is 16.5. The maximum Gasteiger partial charge on any atom is 0.311 e. The Morgan fingerprint density at radius 1 is 0.885 bits per heavy atom. The van der Waals surface area contributed by atoms with Gasteiger partial charge in [-0.15, -0.1) is 0 Å². The van der Waals surface area contributed by atoms with Crippen LogP contribution in [0.2, 0.25) is 0 Å². The maximum absolute atomic E-state index is 12.3. The summed E-state index contributed by atoms with van der Waals surface area (Å²) < 4.78 is 11.4. The lowest BCUT2D eigenvalue weighted by molar-refractivity contribution is -0.135. The third-order valence-corrected chi connectivity index (χ3v) is 4.50. The molecule has 0 unspecified atom stereocenters. The van der Waals surface area contributed by atoms with Crippen LogP contribution in [0.3, 0.4) is 0 Å². The molecule has 3 aromatic rings. The van der Waals surface area contributed by atoms with Crippen LogP contribution in [0.4, 0.5) is 0 Å². The van der Waals surface area contributed by atoms with Crippen LogP contribution in [0, 0.1) is 0 Å². The molecule has 4 heteroatoms. The molecule has 134 valence electrons. The predicted molar refractivity (Wildman–Crippen MR) is 103 cm³/mol. The number of carbonyl (C=O) groups excluding carboxylic acids is 2. The van der Waals surface area contributed by atoms with Gasteiger partial charge in [-0.2, -0.15) is 0 Å². The minimum absolute atomic E-state index is 0.0287. The Balaban J connectivity index is 2.21. The molecule has 0 saturated carbocycles. The molecule has 0 spiro atoms. The molecule has 0 aliphatic heterocycles. The molecular formula is C22H22O4. The highest BCUT2D eigenvalue weighted by Crippen LogP contribution is 2.43. The molecule has 0 aliphatic rings. The summed E-state index contributed by atoms with van der Waals surface area (Å²) in [5, 5.41) is 3.45. The minimum atomic E-state index is -0.406. The van der Waals surface area contributed by atoms with Crippen LogP contribution in [-0.4, -0.2) is 18.9 Å². The van der Waals surface area contributed by atoms with Gasteiger partial charge in [0.2, 0.25) is 0 Å². The summed E-state index contributed by atoms with van der Waals surface area (Å²) in [6, 6.07) is 13.8. The zero-order chi connectivity index (χ0) is 18.7. The summed E-state index contributed by atoms with van der Waals surface area (Å²) in [4.78, 5) is 23.4. The first kappa shape index (κ1) is 17.9. The molecule has 26 heavy (non-hydrogen) atoms. The van der Waals surface area contributed by atoms with Crippen molar-refractivity contribution in [3.8, 4) is 11.5 Å². The van der Waals surface area contributed by atoms with Crippen molar-refractivity contribution in [1.82, 2.24) is 0 Å². The smallest absolute Gasteiger partial charge is 0.311 e. The van der Waals surface area contributed by atoms with E-state index in [1.165, 1.54) is 12.5 Å². The zero-order valence-electron chi connectivity index (χ0n) is 15.3. The van der Waals surface area contributed by atoms with Crippen LogP contribution >= 0.6 is 0 Å². The van der Waals surface area contributed by atoms with Gasteiger partial charge in [0.05, 0.1) is 13.5 Å². The second kappa shape index (κ2) is 7.56. The van der Waals surface area contributed by atoms with Crippen molar-refractivity contribution < 1.29 is 19.1 Å². The number of methoxy groups -OCH3 is 1. The number of carbonyl (C=O) groups is 2. The highest BCUT2D eigenvalue weighted by Gasteiger charge is 2.18. The lowest BCUT2D eigenvalue weighted by Crippen LogP contribution is -2.10. The average molecular weight is 350 g/mol. The van der Waals surface area contributed by atoms with E-state index in [1.54, 1.807) is 7.11 Å². The first-order valence-corrected chi connectivity index (χ1v) is 8.76. The number of fused-ring (bicyclic) bond motifs is 2. The first-order valence-electron chi connectivity index (χ1n) is 8.76. The lowest BCUT2D eigenvalue weighted by Gasteiger charge is -2.16. The second-order valence-corrected chi connectivity index (χ2v) is 6.32. The van der Waals surface area contributed by atoms with Crippen molar-refractivity contribution in [3.63, 3.8) is 0 Å². The van der Waals surface area contributed by atoms with Gasteiger partial charge in [0, 0.05) is 28.0 Å². The van der Waals surface area contributed by atoms with E-state index in [2.05, 4.69) is 13.0 Å². The summed E-state index contributed by atoms with van der Waals surface area (Å²) in [6.07, 6.45) is 1.16. The fraction of sp³-hybridized carbons (Fsp3) is 0.273. The van der Waals surface area contributed by atoms with Crippen molar-refractivity contribution in [1.29, 1.82) is 0 Å². The second-order valence-electron chi connectivity index (χ2n) is 6.32. The number of aryl methyl sites for hydroxylation is 1. The summed E-state index contributed by atoms with van der Waals surface area (Å²) in [7, 11) is 1.65. The van der Waals surface area contributed by atoms with Gasteiger partial charge >= 0.3 is 5.97 Å². The molecule has 0 N–H and O–H groups in total. The number of ether oxygens (including phenoxy) is 2. The molecule has 3 aromatic carbocycles. The Kier molecular flexibility index (Phi) is 5.21. The van der Waals surface area contributed by atoms with E-state index < -0.39 is 5.97 Å². The Labute approximate surface area is 152 Å². The van der Waals surface area contributed by atoms with Crippen LogP contribution in [0.15, 0.2) is 42.5 Å². The van der Waals surface area contributed by atoms with E-state index in [0.29, 0.717) is 5.75 Å². The molecule has 0 bridgehead atoms. The predicted octanol–water partition coefficient (Wildman–Crippen LogP) is 4.84. The standard InChI is InChI=1S/C22H22O4/c1-4-15-10-11-18-19(13-15)21(25-3)16-7-5-6-8-17(16)22(18)26-20(24)12-9-14(2)23/h5-8,10-11,13H,4,9,12H2,1-3H3. The van der Waals surface area contributed by atoms with Gasteiger partial charge in [-0.3, -0.25) is 4.79 Å². The normalized spacial score (nSPS) is 10.9. The van der Waals surface area contributed by atoms with Gasteiger partial charge in [-0.1, -0.05) is 43.3 Å². The molecule has 0 fully saturated rings. The number of hydrogen-bond donors (Lipinski definition) is 0. The SMILES string of the molecule is CCc1ccc2c(OC(=O)CCC(C)=O)c3ccccc3c(OC)c2c1. The molecule has 0 aromatic heterocycles. The summed E-state index contributed by atoms with van der Waals surface area (Å²) >= 11 is 0. The number of esters is 1. The molecule has 0 radical (unpaired) electrons. The summed E-state index contributed by atoms with van der Waals surface area (Å²) in [6.45, 7) is 3.56. The maximum atomic E-state index is 12.3. The van der Waals surface area contributed by atoms with Gasteiger partial charge in [0.15, 0.2) is 0 Å². The van der Waals surface area contributed by atoms with Crippen LogP contribution in [0.1, 0.15) is 32.3 Å². The third-order valence-electron chi connectivity index (χ3n) is 4.50. The Morgan fingerprint density at radius 3 is 2.15 bits per heavy atom. The van der Waals surface area contributed by atoms with Crippen molar-refractivity contribution in [3.05, 3.63) is 48.0 Å². The Hall–Kier alpha value is -2.88. The monoisotopic (exact) mass is 350 g/mol. The van der Waals surface area contributed by atoms with E-state index in [9.17, 15) is 9.59 Å². The molecule has 0 saturated heterocycles. The van der Waals surface area contributed by atoms with E-state index in [-0.39, 0.29) is 18.6 Å².